The van der Waals surface area contributed by atoms with Crippen molar-refractivity contribution in [2.45, 2.75) is 32.6 Å². The van der Waals surface area contributed by atoms with E-state index in [4.69, 9.17) is 4.74 Å². The van der Waals surface area contributed by atoms with Gasteiger partial charge in [0.1, 0.15) is 5.82 Å². The van der Waals surface area contributed by atoms with Gasteiger partial charge in [-0.3, -0.25) is 0 Å². The molecule has 0 aromatic carbocycles. The quantitative estimate of drug-likeness (QED) is 0.830. The molecule has 1 aromatic rings. The minimum atomic E-state index is 0.732. The lowest BCUT2D eigenvalue weighted by atomic mass is 10.1. The van der Waals surface area contributed by atoms with E-state index in [0.717, 1.165) is 49.5 Å². The molecule has 1 aromatic heterocycles. The van der Waals surface area contributed by atoms with E-state index in [0.29, 0.717) is 0 Å². The lowest BCUT2D eigenvalue weighted by molar-refractivity contribution is 0.185. The van der Waals surface area contributed by atoms with E-state index < -0.39 is 0 Å². The second-order valence-corrected chi connectivity index (χ2v) is 4.96. The summed E-state index contributed by atoms with van der Waals surface area (Å²) < 4.78 is 9.64. The van der Waals surface area contributed by atoms with Crippen molar-refractivity contribution in [2.75, 3.05) is 25.1 Å². The first kappa shape index (κ1) is 11.8. The van der Waals surface area contributed by atoms with E-state index in [1.807, 2.05) is 0 Å². The molecule has 16 heavy (non-hydrogen) atoms. The summed E-state index contributed by atoms with van der Waals surface area (Å²) in [7, 11) is 0. The Kier molecular flexibility index (Phi) is 4.54. The zero-order valence-corrected chi connectivity index (χ0v) is 10.6. The molecule has 0 bridgehead atoms. The summed E-state index contributed by atoms with van der Waals surface area (Å²) in [5.74, 6) is 1.70. The zero-order chi connectivity index (χ0) is 11.2. The summed E-state index contributed by atoms with van der Waals surface area (Å²) in [4.78, 5) is 4.43. The third-order valence-corrected chi connectivity index (χ3v) is 3.51. The molecule has 1 N–H and O–H groups in total. The Morgan fingerprint density at radius 3 is 3.25 bits per heavy atom. The molecule has 2 heterocycles. The molecule has 0 amide bonds. The fourth-order valence-corrected chi connectivity index (χ4v) is 2.48. The van der Waals surface area contributed by atoms with Gasteiger partial charge in [0.05, 0.1) is 0 Å². The maximum absolute atomic E-state index is 5.34. The number of nitrogens with one attached hydrogen (secondary N) is 1. The highest BCUT2D eigenvalue weighted by atomic mass is 32.1. The highest BCUT2D eigenvalue weighted by Crippen LogP contribution is 2.17. The fraction of sp³-hybridized carbons (Fsp3) is 0.818. The van der Waals surface area contributed by atoms with Crippen molar-refractivity contribution in [1.29, 1.82) is 0 Å². The molecule has 1 saturated heterocycles. The summed E-state index contributed by atoms with van der Waals surface area (Å²) in [6, 6.07) is 0. The summed E-state index contributed by atoms with van der Waals surface area (Å²) in [5.41, 5.74) is 0. The highest BCUT2D eigenvalue weighted by Gasteiger charge is 2.14. The number of rotatable bonds is 6. The van der Waals surface area contributed by atoms with Gasteiger partial charge in [-0.15, -0.1) is 0 Å². The summed E-state index contributed by atoms with van der Waals surface area (Å²) in [6.07, 6.45) is 4.46. The number of hydrogen-bond donors (Lipinski definition) is 1. The molecule has 0 radical (unpaired) electrons. The maximum atomic E-state index is 5.34. The molecule has 0 spiro atoms. The van der Waals surface area contributed by atoms with Crippen molar-refractivity contribution in [2.24, 2.45) is 5.92 Å². The van der Waals surface area contributed by atoms with Crippen LogP contribution in [0.5, 0.6) is 0 Å². The van der Waals surface area contributed by atoms with E-state index in [1.54, 1.807) is 0 Å². The van der Waals surface area contributed by atoms with Gasteiger partial charge in [0.25, 0.3) is 0 Å². The van der Waals surface area contributed by atoms with Crippen molar-refractivity contribution in [3.05, 3.63) is 5.82 Å². The molecular weight excluding hydrogens is 222 g/mol. The summed E-state index contributed by atoms with van der Waals surface area (Å²) in [6.45, 7) is 4.99. The van der Waals surface area contributed by atoms with Crippen LogP contribution in [0.2, 0.25) is 0 Å². The Morgan fingerprint density at radius 1 is 1.56 bits per heavy atom. The van der Waals surface area contributed by atoms with Crippen LogP contribution in [0.1, 0.15) is 32.0 Å². The molecule has 1 aliphatic rings. The molecular formula is C11H19N3OS. The number of hydrogen-bond acceptors (Lipinski definition) is 5. The second-order valence-electron chi connectivity index (χ2n) is 4.21. The van der Waals surface area contributed by atoms with E-state index in [-0.39, 0.29) is 0 Å². The Morgan fingerprint density at radius 2 is 2.50 bits per heavy atom. The molecule has 4 nitrogen and oxygen atoms in total. The van der Waals surface area contributed by atoms with E-state index in [1.165, 1.54) is 24.4 Å². The maximum Gasteiger partial charge on any atom is 0.202 e. The minimum absolute atomic E-state index is 0.732. The largest absolute Gasteiger partial charge is 0.381 e. The molecule has 1 fully saturated rings. The Labute approximate surface area is 101 Å². The zero-order valence-electron chi connectivity index (χ0n) is 9.74. The Hall–Kier alpha value is -0.680. The Balaban J connectivity index is 1.67. The van der Waals surface area contributed by atoms with E-state index >= 15 is 0 Å². The van der Waals surface area contributed by atoms with Crippen LogP contribution in [0.15, 0.2) is 0 Å². The van der Waals surface area contributed by atoms with Gasteiger partial charge in [-0.05, 0) is 25.2 Å². The predicted molar refractivity (Wildman–Crippen MR) is 65.9 cm³/mol. The number of ether oxygens (including phenoxy) is 1. The lowest BCUT2D eigenvalue weighted by Crippen LogP contribution is -2.08. The van der Waals surface area contributed by atoms with E-state index in [9.17, 15) is 0 Å². The first-order valence-corrected chi connectivity index (χ1v) is 6.80. The van der Waals surface area contributed by atoms with Gasteiger partial charge >= 0.3 is 0 Å². The molecule has 2 rings (SSSR count). The second kappa shape index (κ2) is 6.15. The van der Waals surface area contributed by atoms with Gasteiger partial charge in [-0.1, -0.05) is 6.92 Å². The summed E-state index contributed by atoms with van der Waals surface area (Å²) in [5, 5.41) is 4.30. The van der Waals surface area contributed by atoms with Gasteiger partial charge in [-0.2, -0.15) is 4.37 Å². The van der Waals surface area contributed by atoms with Crippen LogP contribution >= 0.6 is 11.5 Å². The van der Waals surface area contributed by atoms with Crippen molar-refractivity contribution in [1.82, 2.24) is 9.36 Å². The molecule has 0 saturated carbocycles. The molecule has 1 aliphatic heterocycles. The monoisotopic (exact) mass is 241 g/mol. The number of aryl methyl sites for hydroxylation is 1. The van der Waals surface area contributed by atoms with Gasteiger partial charge in [0.2, 0.25) is 5.13 Å². The van der Waals surface area contributed by atoms with Crippen LogP contribution in [0, 0.1) is 5.92 Å². The SMILES string of the molecule is CCCc1nsc(NCCC2CCOC2)n1. The number of nitrogens with zero attached hydrogens (tertiary/aromatic N) is 2. The number of aromatic nitrogens is 2. The summed E-state index contributed by atoms with van der Waals surface area (Å²) >= 11 is 1.47. The van der Waals surface area contributed by atoms with Crippen molar-refractivity contribution >= 4 is 16.7 Å². The van der Waals surface area contributed by atoms with Gasteiger partial charge in [0.15, 0.2) is 0 Å². The average Bonchev–Trinajstić information content (AvgIpc) is 2.90. The van der Waals surface area contributed by atoms with E-state index in [2.05, 4.69) is 21.6 Å². The van der Waals surface area contributed by atoms with Crippen LogP contribution in [0.4, 0.5) is 5.13 Å². The normalized spacial score (nSPS) is 20.2. The minimum Gasteiger partial charge on any atom is -0.381 e. The topological polar surface area (TPSA) is 47.0 Å². The number of anilines is 1. The Bertz CT molecular complexity index is 310. The highest BCUT2D eigenvalue weighted by molar-refractivity contribution is 7.09. The average molecular weight is 241 g/mol. The van der Waals surface area contributed by atoms with Gasteiger partial charge in [-0.25, -0.2) is 4.98 Å². The van der Waals surface area contributed by atoms with Crippen molar-refractivity contribution < 1.29 is 4.74 Å². The standard InChI is InChI=1S/C11H19N3OS/c1-2-3-10-13-11(16-14-10)12-6-4-9-5-7-15-8-9/h9H,2-8H2,1H3,(H,12,13,14). The fourth-order valence-electron chi connectivity index (χ4n) is 1.85. The van der Waals surface area contributed by atoms with Crippen LogP contribution in [0.3, 0.4) is 0 Å². The van der Waals surface area contributed by atoms with Gasteiger partial charge in [0, 0.05) is 37.7 Å². The molecule has 1 atom stereocenters. The van der Waals surface area contributed by atoms with Crippen LogP contribution < -0.4 is 5.32 Å². The molecule has 5 heteroatoms. The molecule has 90 valence electrons. The van der Waals surface area contributed by atoms with Crippen LogP contribution in [-0.2, 0) is 11.2 Å². The molecule has 0 aliphatic carbocycles. The van der Waals surface area contributed by atoms with Crippen molar-refractivity contribution in [3.8, 4) is 0 Å². The predicted octanol–water partition coefficient (Wildman–Crippen LogP) is 2.33. The van der Waals surface area contributed by atoms with Crippen LogP contribution in [-0.4, -0.2) is 29.1 Å². The smallest absolute Gasteiger partial charge is 0.202 e. The lowest BCUT2D eigenvalue weighted by Gasteiger charge is -2.06. The van der Waals surface area contributed by atoms with Crippen LogP contribution in [0.25, 0.3) is 0 Å². The first-order chi connectivity index (χ1) is 7.88. The third kappa shape index (κ3) is 3.42. The molecule has 1 unspecified atom stereocenters. The third-order valence-electron chi connectivity index (χ3n) is 2.79. The van der Waals surface area contributed by atoms with Gasteiger partial charge < -0.3 is 10.1 Å². The first-order valence-electron chi connectivity index (χ1n) is 6.02. The van der Waals surface area contributed by atoms with Crippen molar-refractivity contribution in [3.63, 3.8) is 0 Å².